The molecule has 0 amide bonds. The lowest BCUT2D eigenvalue weighted by Crippen LogP contribution is -2.33. The quantitative estimate of drug-likeness (QED) is 0.850. The molecule has 0 aliphatic heterocycles. The second-order valence-corrected chi connectivity index (χ2v) is 4.71. The molecule has 2 atom stereocenters. The van der Waals surface area contributed by atoms with Crippen LogP contribution in [0.4, 0.5) is 5.69 Å². The van der Waals surface area contributed by atoms with Gasteiger partial charge in [0, 0.05) is 13.1 Å². The first-order valence-electron chi connectivity index (χ1n) is 5.80. The highest BCUT2D eigenvalue weighted by molar-refractivity contribution is 5.44. The van der Waals surface area contributed by atoms with Crippen molar-refractivity contribution in [2.75, 3.05) is 11.9 Å². The van der Waals surface area contributed by atoms with Crippen LogP contribution in [-0.4, -0.2) is 23.2 Å². The summed E-state index contributed by atoms with van der Waals surface area (Å²) in [5.74, 6) is 0.599. The van der Waals surface area contributed by atoms with Crippen molar-refractivity contribution < 1.29 is 5.11 Å². The maximum Gasteiger partial charge on any atom is 0.0931 e. The predicted molar refractivity (Wildman–Crippen MR) is 67.6 cm³/mol. The summed E-state index contributed by atoms with van der Waals surface area (Å²) in [4.78, 5) is 6.46. The Kier molecular flexibility index (Phi) is 4.30. The van der Waals surface area contributed by atoms with Crippen molar-refractivity contribution in [2.24, 2.45) is 5.92 Å². The molecular weight excluding hydrogens is 200 g/mol. The van der Waals surface area contributed by atoms with Gasteiger partial charge in [-0.3, -0.25) is 4.98 Å². The molecule has 1 N–H and O–H groups in total. The minimum absolute atomic E-state index is 0.471. The molecule has 0 aliphatic rings. The smallest absolute Gasteiger partial charge is 0.0931 e. The van der Waals surface area contributed by atoms with E-state index in [1.165, 1.54) is 0 Å². The Labute approximate surface area is 98.1 Å². The fraction of sp³-hybridized carbons (Fsp3) is 0.615. The first kappa shape index (κ1) is 13.0. The minimum atomic E-state index is -0.498. The Hall–Kier alpha value is -1.09. The minimum Gasteiger partial charge on any atom is -0.387 e. The lowest BCUT2D eigenvalue weighted by molar-refractivity contribution is 0.194. The summed E-state index contributed by atoms with van der Waals surface area (Å²) in [6.45, 7) is 8.34. The summed E-state index contributed by atoms with van der Waals surface area (Å²) < 4.78 is 0. The molecule has 90 valence electrons. The number of anilines is 1. The highest BCUT2D eigenvalue weighted by Gasteiger charge is 2.14. The van der Waals surface area contributed by atoms with Crippen molar-refractivity contribution in [3.05, 3.63) is 24.0 Å². The van der Waals surface area contributed by atoms with Crippen LogP contribution in [0.1, 0.15) is 39.5 Å². The molecule has 1 heterocycles. The van der Waals surface area contributed by atoms with Gasteiger partial charge in [0.05, 0.1) is 23.7 Å². The summed E-state index contributed by atoms with van der Waals surface area (Å²) in [6.07, 6.45) is 1.32. The Bertz CT molecular complexity index is 319. The summed E-state index contributed by atoms with van der Waals surface area (Å²) in [5.41, 5.74) is 1.81. The van der Waals surface area contributed by atoms with Crippen LogP contribution in [0.5, 0.6) is 0 Å². The van der Waals surface area contributed by atoms with E-state index in [4.69, 9.17) is 0 Å². The van der Waals surface area contributed by atoms with Crippen molar-refractivity contribution in [1.29, 1.82) is 0 Å². The Balaban J connectivity index is 2.81. The molecule has 1 rings (SSSR count). The predicted octanol–water partition coefficient (Wildman–Crippen LogP) is 2.62. The molecule has 0 spiro atoms. The monoisotopic (exact) mass is 222 g/mol. The van der Waals surface area contributed by atoms with Gasteiger partial charge in [0.15, 0.2) is 0 Å². The van der Waals surface area contributed by atoms with Crippen molar-refractivity contribution in [3.8, 4) is 0 Å². The van der Waals surface area contributed by atoms with Crippen LogP contribution < -0.4 is 4.90 Å². The zero-order valence-corrected chi connectivity index (χ0v) is 10.8. The maximum atomic E-state index is 9.37. The number of aliphatic hydroxyl groups excluding tert-OH is 1. The average molecular weight is 222 g/mol. The zero-order chi connectivity index (χ0) is 12.3. The molecule has 0 aliphatic carbocycles. The van der Waals surface area contributed by atoms with Gasteiger partial charge in [-0.2, -0.15) is 0 Å². The third kappa shape index (κ3) is 2.95. The zero-order valence-electron chi connectivity index (χ0n) is 10.8. The van der Waals surface area contributed by atoms with Gasteiger partial charge in [-0.15, -0.1) is 0 Å². The highest BCUT2D eigenvalue weighted by atomic mass is 16.3. The lowest BCUT2D eigenvalue weighted by atomic mass is 10.0. The van der Waals surface area contributed by atoms with Crippen LogP contribution in [0.25, 0.3) is 0 Å². The maximum absolute atomic E-state index is 9.37. The standard InChI is InChI=1S/C13H22N2O/c1-9(2)10(3)15(5)12-6-7-13(11(4)16)14-8-12/h6-11,16H,1-5H3/t10?,11-/m1/s1. The molecule has 3 nitrogen and oxygen atoms in total. The highest BCUT2D eigenvalue weighted by Crippen LogP contribution is 2.19. The van der Waals surface area contributed by atoms with Crippen LogP contribution in [0.15, 0.2) is 18.3 Å². The number of hydrogen-bond acceptors (Lipinski definition) is 3. The van der Waals surface area contributed by atoms with Gasteiger partial charge < -0.3 is 10.0 Å². The van der Waals surface area contributed by atoms with E-state index in [-0.39, 0.29) is 0 Å². The number of pyridine rings is 1. The number of aliphatic hydroxyl groups is 1. The molecule has 0 bridgehead atoms. The molecule has 0 radical (unpaired) electrons. The fourth-order valence-corrected chi connectivity index (χ4v) is 1.54. The summed E-state index contributed by atoms with van der Waals surface area (Å²) in [5, 5.41) is 9.37. The number of rotatable bonds is 4. The number of aromatic nitrogens is 1. The van der Waals surface area contributed by atoms with Crippen LogP contribution in [0.3, 0.4) is 0 Å². The van der Waals surface area contributed by atoms with Gasteiger partial charge in [0.1, 0.15) is 0 Å². The fourth-order valence-electron chi connectivity index (χ4n) is 1.54. The summed E-state index contributed by atoms with van der Waals surface area (Å²) in [7, 11) is 2.07. The number of nitrogens with zero attached hydrogens (tertiary/aromatic N) is 2. The second kappa shape index (κ2) is 5.30. The molecule has 0 fully saturated rings. The summed E-state index contributed by atoms with van der Waals surface area (Å²) in [6, 6.07) is 4.36. The first-order valence-corrected chi connectivity index (χ1v) is 5.80. The largest absolute Gasteiger partial charge is 0.387 e. The van der Waals surface area contributed by atoms with E-state index in [1.807, 2.05) is 18.3 Å². The van der Waals surface area contributed by atoms with Crippen LogP contribution >= 0.6 is 0 Å². The summed E-state index contributed by atoms with van der Waals surface area (Å²) >= 11 is 0. The normalized spacial score (nSPS) is 14.9. The molecule has 1 unspecified atom stereocenters. The van der Waals surface area contributed by atoms with Crippen LogP contribution in [-0.2, 0) is 0 Å². The van der Waals surface area contributed by atoms with Crippen molar-refractivity contribution >= 4 is 5.69 Å². The SMILES string of the molecule is CC(C)C(C)N(C)c1ccc([C@@H](C)O)nc1. The van der Waals surface area contributed by atoms with E-state index in [0.29, 0.717) is 17.7 Å². The second-order valence-electron chi connectivity index (χ2n) is 4.71. The van der Waals surface area contributed by atoms with Crippen molar-refractivity contribution in [2.45, 2.75) is 39.8 Å². The van der Waals surface area contributed by atoms with E-state index < -0.39 is 6.10 Å². The van der Waals surface area contributed by atoms with Gasteiger partial charge in [-0.1, -0.05) is 13.8 Å². The molecule has 0 saturated heterocycles. The van der Waals surface area contributed by atoms with Crippen molar-refractivity contribution in [3.63, 3.8) is 0 Å². The number of hydrogen-bond donors (Lipinski definition) is 1. The lowest BCUT2D eigenvalue weighted by Gasteiger charge is -2.29. The Morgan fingerprint density at radius 2 is 1.81 bits per heavy atom. The first-order chi connectivity index (χ1) is 7.43. The Morgan fingerprint density at radius 1 is 1.19 bits per heavy atom. The molecule has 1 aromatic rings. The van der Waals surface area contributed by atoms with E-state index in [2.05, 4.69) is 37.7 Å². The Morgan fingerprint density at radius 3 is 2.19 bits per heavy atom. The van der Waals surface area contributed by atoms with Gasteiger partial charge in [0.25, 0.3) is 0 Å². The van der Waals surface area contributed by atoms with Crippen LogP contribution in [0, 0.1) is 5.92 Å². The molecule has 3 heteroatoms. The molecular formula is C13H22N2O. The van der Waals surface area contributed by atoms with Gasteiger partial charge in [-0.25, -0.2) is 0 Å². The molecule has 0 aromatic carbocycles. The van der Waals surface area contributed by atoms with E-state index in [1.54, 1.807) is 6.92 Å². The third-order valence-corrected chi connectivity index (χ3v) is 3.18. The third-order valence-electron chi connectivity index (χ3n) is 3.18. The van der Waals surface area contributed by atoms with E-state index in [0.717, 1.165) is 5.69 Å². The van der Waals surface area contributed by atoms with Gasteiger partial charge in [0.2, 0.25) is 0 Å². The topological polar surface area (TPSA) is 36.4 Å². The van der Waals surface area contributed by atoms with Crippen molar-refractivity contribution in [1.82, 2.24) is 4.98 Å². The molecule has 16 heavy (non-hydrogen) atoms. The van der Waals surface area contributed by atoms with Gasteiger partial charge >= 0.3 is 0 Å². The molecule has 0 saturated carbocycles. The van der Waals surface area contributed by atoms with Gasteiger partial charge in [-0.05, 0) is 31.9 Å². The van der Waals surface area contributed by atoms with Crippen LogP contribution in [0.2, 0.25) is 0 Å². The average Bonchev–Trinajstić information content (AvgIpc) is 2.27. The van der Waals surface area contributed by atoms with E-state index in [9.17, 15) is 5.11 Å². The molecule has 1 aromatic heterocycles. The van der Waals surface area contributed by atoms with E-state index >= 15 is 0 Å².